The Morgan fingerprint density at radius 1 is 0.636 bits per heavy atom. The van der Waals surface area contributed by atoms with E-state index in [1.54, 1.807) is 5.01 Å². The summed E-state index contributed by atoms with van der Waals surface area (Å²) in [7, 11) is 4.50. The van der Waals surface area contributed by atoms with Crippen molar-refractivity contribution in [3.05, 3.63) is 84.7 Å². The number of carbonyl (C=O) groups is 4. The highest BCUT2D eigenvalue weighted by Gasteiger charge is 2.44. The first-order valence-corrected chi connectivity index (χ1v) is 23.1. The van der Waals surface area contributed by atoms with Gasteiger partial charge < -0.3 is 44.4 Å². The van der Waals surface area contributed by atoms with Gasteiger partial charge in [0.05, 0.1) is 44.0 Å². The predicted molar refractivity (Wildman–Crippen MR) is 245 cm³/mol. The van der Waals surface area contributed by atoms with Crippen LogP contribution in [0.25, 0.3) is 44.4 Å². The molecule has 6 heterocycles. The number of amides is 4. The summed E-state index contributed by atoms with van der Waals surface area (Å²) in [5, 5.41) is 11.5. The molecule has 4 amide bonds. The first-order chi connectivity index (χ1) is 32.1. The van der Waals surface area contributed by atoms with Gasteiger partial charge in [-0.3, -0.25) is 14.6 Å². The van der Waals surface area contributed by atoms with Crippen LogP contribution in [0.5, 0.6) is 0 Å². The summed E-state index contributed by atoms with van der Waals surface area (Å²) in [6.45, 7) is 4.90. The predicted octanol–water partition coefficient (Wildman–Crippen LogP) is 6.76. The van der Waals surface area contributed by atoms with E-state index < -0.39 is 24.3 Å². The summed E-state index contributed by atoms with van der Waals surface area (Å²) in [6, 6.07) is 19.1. The first kappa shape index (κ1) is 44.9. The van der Waals surface area contributed by atoms with Crippen LogP contribution in [0.4, 0.5) is 9.59 Å². The highest BCUT2D eigenvalue weighted by Crippen LogP contribution is 2.39. The number of hydrogen-bond donors (Lipinski definition) is 4. The lowest BCUT2D eigenvalue weighted by Crippen LogP contribution is -2.55. The normalized spacial score (nSPS) is 21.7. The highest BCUT2D eigenvalue weighted by atomic mass is 16.5. The molecule has 2 aromatic heterocycles. The molecule has 0 radical (unpaired) electrons. The van der Waals surface area contributed by atoms with Gasteiger partial charge in [-0.15, -0.1) is 0 Å². The van der Waals surface area contributed by atoms with Crippen molar-refractivity contribution < 1.29 is 38.1 Å². The SMILES string of the molecule is COC(=O)N[C@@H](C(=O)N1C(C)CC[C@H]1c1ncc(-c2ccc3cc(-c4ccc(-c5cnc([C@@H]6CCN(C)N6C(=O)[C@H](NC(=O)OC)C6CCOCC6)[nH]5)cc4)ccc3c2)[nH]1)C1CCOCC1. The number of hydrogen-bond acceptors (Lipinski definition) is 11. The fraction of sp³-hybridized carbons (Fsp3) is 0.469. The Hall–Kier alpha value is -6.30. The van der Waals surface area contributed by atoms with E-state index in [2.05, 4.69) is 88.2 Å². The van der Waals surface area contributed by atoms with Gasteiger partial charge in [-0.2, -0.15) is 0 Å². The average Bonchev–Trinajstić information content (AvgIpc) is 4.19. The van der Waals surface area contributed by atoms with Crippen LogP contribution in [0.2, 0.25) is 0 Å². The minimum Gasteiger partial charge on any atom is -0.453 e. The molecule has 4 aliphatic rings. The average molecular weight is 902 g/mol. The maximum Gasteiger partial charge on any atom is 0.407 e. The number of H-pyrrole nitrogens is 2. The molecule has 0 saturated carbocycles. The molecule has 17 heteroatoms. The molecule has 1 unspecified atom stereocenters. The van der Waals surface area contributed by atoms with Crippen LogP contribution in [0.3, 0.4) is 0 Å². The van der Waals surface area contributed by atoms with Crippen molar-refractivity contribution in [2.45, 2.75) is 82.1 Å². The van der Waals surface area contributed by atoms with Gasteiger partial charge >= 0.3 is 12.2 Å². The zero-order valence-electron chi connectivity index (χ0n) is 38.0. The number of carbonyl (C=O) groups excluding carboxylic acids is 4. The van der Waals surface area contributed by atoms with Crippen molar-refractivity contribution in [3.8, 4) is 33.6 Å². The number of ether oxygens (including phenoxy) is 4. The molecule has 5 atom stereocenters. The maximum atomic E-state index is 14.2. The lowest BCUT2D eigenvalue weighted by atomic mass is 9.90. The second-order valence-corrected chi connectivity index (χ2v) is 17.9. The summed E-state index contributed by atoms with van der Waals surface area (Å²) < 4.78 is 20.9. The molecule has 0 aliphatic carbocycles. The van der Waals surface area contributed by atoms with Gasteiger partial charge in [0, 0.05) is 51.6 Å². The van der Waals surface area contributed by atoms with Crippen molar-refractivity contribution in [1.29, 1.82) is 0 Å². The minimum absolute atomic E-state index is 0.0165. The second-order valence-electron chi connectivity index (χ2n) is 17.9. The van der Waals surface area contributed by atoms with E-state index in [-0.39, 0.29) is 41.8 Å². The van der Waals surface area contributed by atoms with Gasteiger partial charge in [0.15, 0.2) is 0 Å². The summed E-state index contributed by atoms with van der Waals surface area (Å²) >= 11 is 0. The number of rotatable bonds is 11. The Morgan fingerprint density at radius 2 is 1.14 bits per heavy atom. The zero-order valence-corrected chi connectivity index (χ0v) is 38.0. The van der Waals surface area contributed by atoms with Crippen molar-refractivity contribution in [2.24, 2.45) is 11.8 Å². The topological polar surface area (TPSA) is 196 Å². The highest BCUT2D eigenvalue weighted by molar-refractivity contribution is 5.91. The number of methoxy groups -OCH3 is 2. The van der Waals surface area contributed by atoms with E-state index in [1.165, 1.54) is 14.2 Å². The molecule has 17 nitrogen and oxygen atoms in total. The van der Waals surface area contributed by atoms with Crippen LogP contribution >= 0.6 is 0 Å². The number of benzene rings is 3. The molecule has 4 fully saturated rings. The summed E-state index contributed by atoms with van der Waals surface area (Å²) in [5.74, 6) is 0.994. The van der Waals surface area contributed by atoms with Gasteiger partial charge in [0.25, 0.3) is 5.91 Å². The molecule has 9 rings (SSSR count). The number of fused-ring (bicyclic) bond motifs is 1. The number of aromatic amines is 2. The number of aromatic nitrogens is 4. The summed E-state index contributed by atoms with van der Waals surface area (Å²) in [5.41, 5.74) is 5.82. The fourth-order valence-electron chi connectivity index (χ4n) is 10.3. The zero-order chi connectivity index (χ0) is 45.9. The maximum absolute atomic E-state index is 14.2. The van der Waals surface area contributed by atoms with Crippen molar-refractivity contribution in [3.63, 3.8) is 0 Å². The molecule has 4 saturated heterocycles. The van der Waals surface area contributed by atoms with E-state index >= 15 is 0 Å². The number of imidazole rings is 2. The third-order valence-corrected chi connectivity index (χ3v) is 14.0. The number of alkyl carbamates (subject to hydrolysis) is 2. The van der Waals surface area contributed by atoms with Gasteiger partial charge in [-0.25, -0.2) is 24.6 Å². The van der Waals surface area contributed by atoms with E-state index in [9.17, 15) is 19.2 Å². The largest absolute Gasteiger partial charge is 0.453 e. The molecule has 0 bridgehead atoms. The standard InChI is InChI=1S/C49H59N9O8/c1-29-5-14-40(57(29)46(59)42(54-48(61)63-3)32-16-21-65-22-17-32)44-50-28-39(53-44)37-13-12-35-25-34(10-11-36(35)26-37)30-6-8-31(9-7-30)38-27-51-45(52-38)41-15-20-56(2)58(41)47(60)43(55-49(62)64-4)33-18-23-66-24-19-33/h6-13,25-29,32-33,40-43H,5,14-24H2,1-4H3,(H,50,53)(H,51,52)(H,54,61)(H,55,62)/t29?,40-,41-,42+,43+/m0/s1. The lowest BCUT2D eigenvalue weighted by molar-refractivity contribution is -0.150. The molecule has 0 spiro atoms. The van der Waals surface area contributed by atoms with Crippen LogP contribution < -0.4 is 10.6 Å². The molecule has 5 aromatic rings. The smallest absolute Gasteiger partial charge is 0.407 e. The first-order valence-electron chi connectivity index (χ1n) is 23.1. The van der Waals surface area contributed by atoms with Crippen LogP contribution in [0.1, 0.15) is 75.6 Å². The van der Waals surface area contributed by atoms with Gasteiger partial charge in [-0.1, -0.05) is 48.5 Å². The summed E-state index contributed by atoms with van der Waals surface area (Å²) in [6.07, 6.45) is 7.38. The molecule has 348 valence electrons. The van der Waals surface area contributed by atoms with Crippen molar-refractivity contribution in [2.75, 3.05) is 54.2 Å². The Morgan fingerprint density at radius 3 is 1.73 bits per heavy atom. The molecule has 4 N–H and O–H groups in total. The van der Waals surface area contributed by atoms with Crippen molar-refractivity contribution in [1.82, 2.24) is 45.5 Å². The van der Waals surface area contributed by atoms with Crippen LogP contribution in [-0.2, 0) is 28.5 Å². The van der Waals surface area contributed by atoms with Crippen LogP contribution in [-0.4, -0.2) is 131 Å². The number of hydrazine groups is 1. The Kier molecular flexibility index (Phi) is 13.4. The van der Waals surface area contributed by atoms with Gasteiger partial charge in [0.1, 0.15) is 29.8 Å². The quantitative estimate of drug-likeness (QED) is 0.109. The van der Waals surface area contributed by atoms with Crippen molar-refractivity contribution >= 4 is 34.8 Å². The van der Waals surface area contributed by atoms with Crippen LogP contribution in [0, 0.1) is 11.8 Å². The lowest BCUT2D eigenvalue weighted by Gasteiger charge is -2.36. The minimum atomic E-state index is -0.744. The van der Waals surface area contributed by atoms with E-state index in [4.69, 9.17) is 28.9 Å². The van der Waals surface area contributed by atoms with Crippen LogP contribution in [0.15, 0.2) is 73.1 Å². The molecule has 4 aliphatic heterocycles. The molecular weight excluding hydrogens is 843 g/mol. The van der Waals surface area contributed by atoms with E-state index in [0.717, 1.165) is 63.1 Å². The monoisotopic (exact) mass is 901 g/mol. The van der Waals surface area contributed by atoms with E-state index in [0.29, 0.717) is 70.9 Å². The number of nitrogens with zero attached hydrogens (tertiary/aromatic N) is 5. The van der Waals surface area contributed by atoms with E-state index in [1.807, 2.05) is 29.4 Å². The number of likely N-dealkylation sites (tertiary alicyclic amines) is 1. The third kappa shape index (κ3) is 9.24. The Labute approximate surface area is 383 Å². The Balaban J connectivity index is 0.876. The molecule has 3 aromatic carbocycles. The number of nitrogens with one attached hydrogen (secondary N) is 4. The summed E-state index contributed by atoms with van der Waals surface area (Å²) in [4.78, 5) is 71.6. The second kappa shape index (κ2) is 19.7. The Bertz CT molecular complexity index is 2530. The third-order valence-electron chi connectivity index (χ3n) is 14.0. The fourth-order valence-corrected chi connectivity index (χ4v) is 10.3. The molecular formula is C49H59N9O8. The van der Waals surface area contributed by atoms with Gasteiger partial charge in [-0.05, 0) is 103 Å². The van der Waals surface area contributed by atoms with Gasteiger partial charge in [0.2, 0.25) is 5.91 Å². The molecule has 66 heavy (non-hydrogen) atoms.